The summed E-state index contributed by atoms with van der Waals surface area (Å²) < 4.78 is 13.6. The summed E-state index contributed by atoms with van der Waals surface area (Å²) >= 11 is 7.62. The van der Waals surface area contributed by atoms with Gasteiger partial charge in [-0.25, -0.2) is 4.39 Å². The van der Waals surface area contributed by atoms with E-state index in [2.05, 4.69) is 5.32 Å². The molecule has 0 aliphatic carbocycles. The van der Waals surface area contributed by atoms with E-state index in [-0.39, 0.29) is 24.3 Å². The van der Waals surface area contributed by atoms with Gasteiger partial charge in [0.05, 0.1) is 6.04 Å². The van der Waals surface area contributed by atoms with Gasteiger partial charge in [-0.2, -0.15) is 0 Å². The van der Waals surface area contributed by atoms with E-state index < -0.39 is 0 Å². The molecule has 1 N–H and O–H groups in total. The molecule has 1 saturated heterocycles. The molecule has 0 spiro atoms. The van der Waals surface area contributed by atoms with Gasteiger partial charge >= 0.3 is 0 Å². The Labute approximate surface area is 115 Å². The number of halogens is 2. The highest BCUT2D eigenvalue weighted by atomic mass is 35.5. The van der Waals surface area contributed by atoms with E-state index in [0.29, 0.717) is 10.6 Å². The maximum atomic E-state index is 13.6. The van der Waals surface area contributed by atoms with E-state index in [1.807, 2.05) is 0 Å². The molecular formula is C12H14ClFN2OS. The second kappa shape index (κ2) is 5.91. The van der Waals surface area contributed by atoms with Crippen molar-refractivity contribution in [2.75, 3.05) is 18.7 Å². The van der Waals surface area contributed by atoms with Crippen molar-refractivity contribution in [3.05, 3.63) is 34.6 Å². The van der Waals surface area contributed by atoms with Crippen LogP contribution < -0.4 is 5.32 Å². The number of benzene rings is 1. The summed E-state index contributed by atoms with van der Waals surface area (Å²) in [4.78, 5) is 13.6. The molecule has 1 unspecified atom stereocenters. The number of hydrogen-bond donors (Lipinski definition) is 1. The zero-order chi connectivity index (χ0) is 13.1. The topological polar surface area (TPSA) is 32.3 Å². The van der Waals surface area contributed by atoms with Crippen LogP contribution in [0, 0.1) is 5.82 Å². The molecule has 1 aliphatic rings. The largest absolute Gasteiger partial charge is 0.340 e. The molecule has 2 rings (SSSR count). The minimum absolute atomic E-state index is 0.0284. The van der Waals surface area contributed by atoms with Crippen LogP contribution >= 0.6 is 23.4 Å². The van der Waals surface area contributed by atoms with Crippen molar-refractivity contribution in [1.82, 2.24) is 10.2 Å². The van der Waals surface area contributed by atoms with Crippen molar-refractivity contribution in [2.24, 2.45) is 0 Å². The molecule has 3 nitrogen and oxygen atoms in total. The lowest BCUT2D eigenvalue weighted by Crippen LogP contribution is -2.42. The second-order valence-corrected chi connectivity index (χ2v) is 5.60. The Bertz CT molecular complexity index is 431. The Morgan fingerprint density at radius 2 is 2.44 bits per heavy atom. The molecule has 1 aromatic rings. The van der Waals surface area contributed by atoms with Crippen LogP contribution in [0.2, 0.25) is 5.02 Å². The van der Waals surface area contributed by atoms with Crippen LogP contribution in [-0.2, 0) is 11.3 Å². The van der Waals surface area contributed by atoms with E-state index in [0.717, 1.165) is 11.6 Å². The third kappa shape index (κ3) is 2.96. The summed E-state index contributed by atoms with van der Waals surface area (Å²) in [6.45, 7) is 0.188. The summed E-state index contributed by atoms with van der Waals surface area (Å²) in [6.07, 6.45) is 0. The van der Waals surface area contributed by atoms with Crippen LogP contribution in [-0.4, -0.2) is 35.5 Å². The lowest BCUT2D eigenvalue weighted by Gasteiger charge is -2.21. The van der Waals surface area contributed by atoms with Crippen molar-refractivity contribution in [3.8, 4) is 0 Å². The van der Waals surface area contributed by atoms with E-state index >= 15 is 0 Å². The predicted octanol–water partition coefficient (Wildman–Crippen LogP) is 2.10. The van der Waals surface area contributed by atoms with E-state index in [4.69, 9.17) is 11.6 Å². The van der Waals surface area contributed by atoms with Crippen molar-refractivity contribution < 1.29 is 9.18 Å². The number of carbonyl (C=O) groups is 1. The fourth-order valence-corrected chi connectivity index (χ4v) is 2.97. The SMILES string of the molecule is CN(Cc1c(F)cccc1Cl)C(=O)C1CSCN1. The number of nitrogens with one attached hydrogen (secondary N) is 1. The van der Waals surface area contributed by atoms with E-state index in [9.17, 15) is 9.18 Å². The molecule has 1 aromatic carbocycles. The minimum atomic E-state index is -0.379. The Balaban J connectivity index is 2.06. The zero-order valence-electron chi connectivity index (χ0n) is 9.95. The molecule has 1 aliphatic heterocycles. The van der Waals surface area contributed by atoms with Gasteiger partial charge in [0.15, 0.2) is 0 Å². The maximum absolute atomic E-state index is 13.6. The molecular weight excluding hydrogens is 275 g/mol. The van der Waals surface area contributed by atoms with Crippen LogP contribution in [0.15, 0.2) is 18.2 Å². The predicted molar refractivity (Wildman–Crippen MR) is 72.1 cm³/mol. The molecule has 1 fully saturated rings. The lowest BCUT2D eigenvalue weighted by atomic mass is 10.2. The summed E-state index contributed by atoms with van der Waals surface area (Å²) in [7, 11) is 1.66. The van der Waals surface area contributed by atoms with Crippen LogP contribution in [0.5, 0.6) is 0 Å². The lowest BCUT2D eigenvalue weighted by molar-refractivity contribution is -0.131. The van der Waals surface area contributed by atoms with Crippen molar-refractivity contribution in [2.45, 2.75) is 12.6 Å². The first-order valence-electron chi connectivity index (χ1n) is 5.58. The Hall–Kier alpha value is -0.780. The van der Waals surface area contributed by atoms with Gasteiger partial charge in [0.1, 0.15) is 5.82 Å². The van der Waals surface area contributed by atoms with Crippen LogP contribution in [0.3, 0.4) is 0 Å². The molecule has 1 atom stereocenters. The fraction of sp³-hybridized carbons (Fsp3) is 0.417. The molecule has 1 amide bonds. The van der Waals surface area contributed by atoms with Gasteiger partial charge < -0.3 is 4.90 Å². The normalized spacial score (nSPS) is 18.9. The molecule has 98 valence electrons. The van der Waals surface area contributed by atoms with Crippen LogP contribution in [0.25, 0.3) is 0 Å². The van der Waals surface area contributed by atoms with Gasteiger partial charge in [0, 0.05) is 35.8 Å². The Morgan fingerprint density at radius 1 is 1.67 bits per heavy atom. The van der Waals surface area contributed by atoms with Gasteiger partial charge in [-0.1, -0.05) is 17.7 Å². The van der Waals surface area contributed by atoms with Crippen molar-refractivity contribution >= 4 is 29.3 Å². The molecule has 0 saturated carbocycles. The monoisotopic (exact) mass is 288 g/mol. The van der Waals surface area contributed by atoms with Gasteiger partial charge in [-0.15, -0.1) is 11.8 Å². The second-order valence-electron chi connectivity index (χ2n) is 4.17. The molecule has 6 heteroatoms. The average molecular weight is 289 g/mol. The maximum Gasteiger partial charge on any atom is 0.240 e. The highest BCUT2D eigenvalue weighted by Crippen LogP contribution is 2.21. The summed E-state index contributed by atoms with van der Waals surface area (Å²) in [5.41, 5.74) is 0.362. The molecule has 0 bridgehead atoms. The average Bonchev–Trinajstić information content (AvgIpc) is 2.86. The number of carbonyl (C=O) groups excluding carboxylic acids is 1. The summed E-state index contributed by atoms with van der Waals surface area (Å²) in [5, 5.41) is 3.45. The standard InChI is InChI=1S/C12H14ClFN2OS/c1-16(12(17)11-6-18-7-15-11)5-8-9(13)3-2-4-10(8)14/h2-4,11,15H,5-7H2,1H3. The summed E-state index contributed by atoms with van der Waals surface area (Å²) in [5.74, 6) is 1.13. The number of amides is 1. The number of hydrogen-bond acceptors (Lipinski definition) is 3. The molecule has 0 aromatic heterocycles. The number of likely N-dealkylation sites (N-methyl/N-ethyl adjacent to an activating group) is 1. The molecule has 18 heavy (non-hydrogen) atoms. The number of rotatable bonds is 3. The quantitative estimate of drug-likeness (QED) is 0.924. The Morgan fingerprint density at radius 3 is 3.06 bits per heavy atom. The Kier molecular flexibility index (Phi) is 4.48. The van der Waals surface area contributed by atoms with E-state index in [1.54, 1.807) is 30.9 Å². The van der Waals surface area contributed by atoms with Gasteiger partial charge in [0.25, 0.3) is 0 Å². The van der Waals surface area contributed by atoms with Gasteiger partial charge in [0.2, 0.25) is 5.91 Å². The highest BCUT2D eigenvalue weighted by molar-refractivity contribution is 7.99. The van der Waals surface area contributed by atoms with Gasteiger partial charge in [-0.05, 0) is 12.1 Å². The first-order valence-corrected chi connectivity index (χ1v) is 7.12. The van der Waals surface area contributed by atoms with E-state index in [1.165, 1.54) is 11.0 Å². The number of nitrogens with zero attached hydrogens (tertiary/aromatic N) is 1. The zero-order valence-corrected chi connectivity index (χ0v) is 11.5. The van der Waals surface area contributed by atoms with Crippen LogP contribution in [0.1, 0.15) is 5.56 Å². The van der Waals surface area contributed by atoms with Gasteiger partial charge in [-0.3, -0.25) is 10.1 Å². The molecule has 0 radical (unpaired) electrons. The smallest absolute Gasteiger partial charge is 0.240 e. The molecule has 1 heterocycles. The third-order valence-electron chi connectivity index (χ3n) is 2.85. The van der Waals surface area contributed by atoms with Crippen molar-refractivity contribution in [3.63, 3.8) is 0 Å². The summed E-state index contributed by atoms with van der Waals surface area (Å²) in [6, 6.07) is 4.36. The van der Waals surface area contributed by atoms with Crippen LogP contribution in [0.4, 0.5) is 4.39 Å². The third-order valence-corrected chi connectivity index (χ3v) is 4.14. The fourth-order valence-electron chi connectivity index (χ4n) is 1.82. The first-order chi connectivity index (χ1) is 8.59. The highest BCUT2D eigenvalue weighted by Gasteiger charge is 2.26. The van der Waals surface area contributed by atoms with Crippen molar-refractivity contribution in [1.29, 1.82) is 0 Å². The minimum Gasteiger partial charge on any atom is -0.340 e. The first kappa shape index (κ1) is 13.6. The number of thioether (sulfide) groups is 1.